The number of aliphatic hydroxyl groups is 1. The van der Waals surface area contributed by atoms with Crippen LogP contribution in [0.2, 0.25) is 0 Å². The third kappa shape index (κ3) is 3.67. The second-order valence-electron chi connectivity index (χ2n) is 3.74. The van der Waals surface area contributed by atoms with Gasteiger partial charge in [-0.05, 0) is 17.8 Å². The number of aliphatic hydroxyl groups excluding tert-OH is 1. The molecule has 1 atom stereocenters. The molecule has 0 fully saturated rings. The maximum absolute atomic E-state index is 8.90. The van der Waals surface area contributed by atoms with Crippen molar-refractivity contribution < 1.29 is 5.11 Å². The monoisotopic (exact) mass is 142 g/mol. The van der Waals surface area contributed by atoms with E-state index in [0.717, 1.165) is 6.42 Å². The lowest BCUT2D eigenvalue weighted by atomic mass is 9.84. The summed E-state index contributed by atoms with van der Waals surface area (Å²) in [6, 6.07) is 0. The quantitative estimate of drug-likeness (QED) is 0.597. The highest BCUT2D eigenvalue weighted by Gasteiger charge is 2.17. The maximum atomic E-state index is 8.90. The topological polar surface area (TPSA) is 20.2 Å². The SMILES string of the molecule is C=CC(C)CC(C)(C)CO. The molecule has 10 heavy (non-hydrogen) atoms. The van der Waals surface area contributed by atoms with Crippen molar-refractivity contribution in [3.8, 4) is 0 Å². The van der Waals surface area contributed by atoms with E-state index >= 15 is 0 Å². The first-order chi connectivity index (χ1) is 4.52. The van der Waals surface area contributed by atoms with Gasteiger partial charge in [0.15, 0.2) is 0 Å². The molecule has 0 aliphatic carbocycles. The van der Waals surface area contributed by atoms with Gasteiger partial charge in [-0.2, -0.15) is 0 Å². The summed E-state index contributed by atoms with van der Waals surface area (Å²) in [6.07, 6.45) is 2.93. The maximum Gasteiger partial charge on any atom is 0.0482 e. The van der Waals surface area contributed by atoms with Crippen LogP contribution in [0, 0.1) is 11.3 Å². The van der Waals surface area contributed by atoms with Crippen LogP contribution in [0.4, 0.5) is 0 Å². The Labute approximate surface area is 63.8 Å². The Hall–Kier alpha value is -0.300. The van der Waals surface area contributed by atoms with Crippen LogP contribution < -0.4 is 0 Å². The second kappa shape index (κ2) is 3.77. The van der Waals surface area contributed by atoms with Crippen molar-refractivity contribution >= 4 is 0 Å². The van der Waals surface area contributed by atoms with E-state index in [1.54, 1.807) is 0 Å². The molecule has 1 unspecified atom stereocenters. The Bertz CT molecular complexity index is 105. The van der Waals surface area contributed by atoms with Gasteiger partial charge < -0.3 is 5.11 Å². The molecule has 0 spiro atoms. The summed E-state index contributed by atoms with van der Waals surface area (Å²) in [5, 5.41) is 8.90. The van der Waals surface area contributed by atoms with Gasteiger partial charge in [-0.15, -0.1) is 6.58 Å². The van der Waals surface area contributed by atoms with E-state index in [0.29, 0.717) is 5.92 Å². The molecular formula is C9H18O. The third-order valence-electron chi connectivity index (χ3n) is 1.70. The standard InChI is InChI=1S/C9H18O/c1-5-8(2)6-9(3,4)7-10/h5,8,10H,1,6-7H2,2-4H3. The normalized spacial score (nSPS) is 14.8. The molecule has 0 aromatic rings. The highest BCUT2D eigenvalue weighted by molar-refractivity contribution is 4.80. The van der Waals surface area contributed by atoms with Gasteiger partial charge in [0.25, 0.3) is 0 Å². The smallest absolute Gasteiger partial charge is 0.0482 e. The lowest BCUT2D eigenvalue weighted by molar-refractivity contribution is 0.140. The van der Waals surface area contributed by atoms with Gasteiger partial charge in [-0.3, -0.25) is 0 Å². The van der Waals surface area contributed by atoms with Crippen LogP contribution in [0.3, 0.4) is 0 Å². The first-order valence-electron chi connectivity index (χ1n) is 3.75. The van der Waals surface area contributed by atoms with Crippen molar-refractivity contribution in [1.29, 1.82) is 0 Å². The van der Waals surface area contributed by atoms with Gasteiger partial charge in [-0.25, -0.2) is 0 Å². The molecular weight excluding hydrogens is 124 g/mol. The van der Waals surface area contributed by atoms with Gasteiger partial charge >= 0.3 is 0 Å². The molecule has 0 saturated carbocycles. The Kier molecular flexibility index (Phi) is 3.66. The molecule has 1 nitrogen and oxygen atoms in total. The van der Waals surface area contributed by atoms with E-state index in [9.17, 15) is 0 Å². The van der Waals surface area contributed by atoms with E-state index in [1.165, 1.54) is 0 Å². The summed E-state index contributed by atoms with van der Waals surface area (Å²) in [5.74, 6) is 0.502. The van der Waals surface area contributed by atoms with Gasteiger partial charge in [0, 0.05) is 6.61 Å². The van der Waals surface area contributed by atoms with E-state index in [2.05, 4.69) is 27.4 Å². The lowest BCUT2D eigenvalue weighted by Gasteiger charge is -2.23. The van der Waals surface area contributed by atoms with Gasteiger partial charge in [0.2, 0.25) is 0 Å². The predicted octanol–water partition coefficient (Wildman–Crippen LogP) is 2.22. The fourth-order valence-corrected chi connectivity index (χ4v) is 1.02. The zero-order valence-electron chi connectivity index (χ0n) is 7.22. The average molecular weight is 142 g/mol. The molecule has 0 rings (SSSR count). The van der Waals surface area contributed by atoms with Crippen LogP contribution in [0.1, 0.15) is 27.2 Å². The second-order valence-corrected chi connectivity index (χ2v) is 3.74. The van der Waals surface area contributed by atoms with Crippen molar-refractivity contribution in [3.63, 3.8) is 0 Å². The highest BCUT2D eigenvalue weighted by atomic mass is 16.3. The number of hydrogen-bond donors (Lipinski definition) is 1. The summed E-state index contributed by atoms with van der Waals surface area (Å²) >= 11 is 0. The summed E-state index contributed by atoms with van der Waals surface area (Å²) < 4.78 is 0. The van der Waals surface area contributed by atoms with Crippen LogP contribution in [0.15, 0.2) is 12.7 Å². The van der Waals surface area contributed by atoms with Crippen LogP contribution in [-0.4, -0.2) is 11.7 Å². The van der Waals surface area contributed by atoms with Gasteiger partial charge in [0.1, 0.15) is 0 Å². The van der Waals surface area contributed by atoms with Crippen LogP contribution >= 0.6 is 0 Å². The van der Waals surface area contributed by atoms with Crippen LogP contribution in [-0.2, 0) is 0 Å². The fraction of sp³-hybridized carbons (Fsp3) is 0.778. The molecule has 1 N–H and O–H groups in total. The molecule has 0 amide bonds. The predicted molar refractivity (Wildman–Crippen MR) is 44.8 cm³/mol. The summed E-state index contributed by atoms with van der Waals surface area (Å²) in [4.78, 5) is 0. The highest BCUT2D eigenvalue weighted by Crippen LogP contribution is 2.24. The minimum atomic E-state index is 0.0492. The third-order valence-corrected chi connectivity index (χ3v) is 1.70. The molecule has 1 heteroatoms. The fourth-order valence-electron chi connectivity index (χ4n) is 1.02. The van der Waals surface area contributed by atoms with E-state index in [1.807, 2.05) is 6.08 Å². The zero-order valence-corrected chi connectivity index (χ0v) is 7.22. The van der Waals surface area contributed by atoms with Crippen molar-refractivity contribution in [2.24, 2.45) is 11.3 Å². The van der Waals surface area contributed by atoms with E-state index < -0.39 is 0 Å². The Morgan fingerprint density at radius 1 is 1.60 bits per heavy atom. The molecule has 0 aliphatic rings. The Morgan fingerprint density at radius 3 is 2.40 bits per heavy atom. The van der Waals surface area contributed by atoms with E-state index in [-0.39, 0.29) is 12.0 Å². The van der Waals surface area contributed by atoms with Gasteiger partial charge in [-0.1, -0.05) is 26.8 Å². The summed E-state index contributed by atoms with van der Waals surface area (Å²) in [5.41, 5.74) is 0.0492. The minimum Gasteiger partial charge on any atom is -0.396 e. The first kappa shape index (κ1) is 9.70. The summed E-state index contributed by atoms with van der Waals surface area (Å²) in [6.45, 7) is 10.2. The van der Waals surface area contributed by atoms with E-state index in [4.69, 9.17) is 5.11 Å². The van der Waals surface area contributed by atoms with Crippen LogP contribution in [0.25, 0.3) is 0 Å². The molecule has 0 aromatic carbocycles. The number of allylic oxidation sites excluding steroid dienone is 1. The minimum absolute atomic E-state index is 0.0492. The number of rotatable bonds is 4. The molecule has 0 heterocycles. The molecule has 0 bridgehead atoms. The molecule has 0 aromatic heterocycles. The Balaban J connectivity index is 3.75. The first-order valence-corrected chi connectivity index (χ1v) is 3.75. The largest absolute Gasteiger partial charge is 0.396 e. The van der Waals surface area contributed by atoms with Crippen molar-refractivity contribution in [2.45, 2.75) is 27.2 Å². The number of hydrogen-bond acceptors (Lipinski definition) is 1. The molecule has 0 saturated heterocycles. The molecule has 60 valence electrons. The molecule has 0 radical (unpaired) electrons. The van der Waals surface area contributed by atoms with Crippen molar-refractivity contribution in [2.75, 3.05) is 6.61 Å². The van der Waals surface area contributed by atoms with Gasteiger partial charge in [0.05, 0.1) is 0 Å². The lowest BCUT2D eigenvalue weighted by Crippen LogP contribution is -2.19. The molecule has 0 aliphatic heterocycles. The van der Waals surface area contributed by atoms with Crippen molar-refractivity contribution in [3.05, 3.63) is 12.7 Å². The Morgan fingerprint density at radius 2 is 2.10 bits per heavy atom. The van der Waals surface area contributed by atoms with Crippen molar-refractivity contribution in [1.82, 2.24) is 0 Å². The summed E-state index contributed by atoms with van der Waals surface area (Å²) in [7, 11) is 0. The zero-order chi connectivity index (χ0) is 8.20. The van der Waals surface area contributed by atoms with Crippen LogP contribution in [0.5, 0.6) is 0 Å². The average Bonchev–Trinajstić information content (AvgIpc) is 1.87.